The van der Waals surface area contributed by atoms with Crippen LogP contribution in [0.3, 0.4) is 0 Å². The highest BCUT2D eigenvalue weighted by molar-refractivity contribution is 5.54. The minimum absolute atomic E-state index is 0.00116. The minimum Gasteiger partial charge on any atom is -0.373 e. The van der Waals surface area contributed by atoms with Gasteiger partial charge >= 0.3 is 0 Å². The monoisotopic (exact) mass is 290 g/mol. The molecule has 2 N–H and O–H groups in total. The van der Waals surface area contributed by atoms with Gasteiger partial charge in [0.25, 0.3) is 5.69 Å². The van der Waals surface area contributed by atoms with Crippen molar-refractivity contribution in [3.8, 4) is 0 Å². The zero-order valence-electron chi connectivity index (χ0n) is 12.3. The predicted octanol–water partition coefficient (Wildman–Crippen LogP) is 1.94. The number of nitro groups is 1. The summed E-state index contributed by atoms with van der Waals surface area (Å²) in [6, 6.07) is 2.82. The van der Waals surface area contributed by atoms with Crippen LogP contribution >= 0.6 is 0 Å². The predicted molar refractivity (Wildman–Crippen MR) is 80.4 cm³/mol. The first-order chi connectivity index (χ1) is 10.0. The Morgan fingerprint density at radius 3 is 2.71 bits per heavy atom. The fourth-order valence-corrected chi connectivity index (χ4v) is 2.05. The van der Waals surface area contributed by atoms with E-state index in [2.05, 4.69) is 20.7 Å². The Morgan fingerprint density at radius 1 is 1.38 bits per heavy atom. The van der Waals surface area contributed by atoms with Crippen molar-refractivity contribution in [2.75, 3.05) is 17.7 Å². The number of pyridine rings is 1. The van der Waals surface area contributed by atoms with E-state index in [9.17, 15) is 10.1 Å². The second-order valence-corrected chi connectivity index (χ2v) is 4.58. The van der Waals surface area contributed by atoms with Crippen LogP contribution in [0.4, 0.5) is 17.3 Å². The molecule has 2 heterocycles. The summed E-state index contributed by atoms with van der Waals surface area (Å²) in [4.78, 5) is 14.7. The van der Waals surface area contributed by atoms with E-state index in [-0.39, 0.29) is 5.69 Å². The van der Waals surface area contributed by atoms with Crippen LogP contribution in [-0.4, -0.2) is 26.7 Å². The standard InChI is InChI=1S/C13H18N6O2/c1-4-11-9(8-18(3)17-11)7-15-13-6-10(19(20)21)5-12(14-2)16-13/h5-6,8H,4,7H2,1-3H3,(H2,14,15,16). The van der Waals surface area contributed by atoms with Crippen LogP contribution in [0, 0.1) is 10.1 Å². The number of nitrogens with zero attached hydrogens (tertiary/aromatic N) is 4. The highest BCUT2D eigenvalue weighted by Crippen LogP contribution is 2.21. The van der Waals surface area contributed by atoms with E-state index in [4.69, 9.17) is 0 Å². The highest BCUT2D eigenvalue weighted by atomic mass is 16.6. The lowest BCUT2D eigenvalue weighted by molar-refractivity contribution is -0.384. The van der Waals surface area contributed by atoms with Gasteiger partial charge in [0.15, 0.2) is 0 Å². The number of anilines is 2. The Bertz CT molecular complexity index is 652. The number of rotatable bonds is 6. The number of hydrogen-bond donors (Lipinski definition) is 2. The normalized spacial score (nSPS) is 10.4. The fourth-order valence-electron chi connectivity index (χ4n) is 2.05. The molecule has 2 aromatic heterocycles. The maximum Gasteiger partial charge on any atom is 0.276 e. The van der Waals surface area contributed by atoms with Crippen molar-refractivity contribution in [3.63, 3.8) is 0 Å². The number of hydrogen-bond acceptors (Lipinski definition) is 6. The summed E-state index contributed by atoms with van der Waals surface area (Å²) in [5, 5.41) is 21.2. The molecule has 0 radical (unpaired) electrons. The molecule has 0 unspecified atom stereocenters. The van der Waals surface area contributed by atoms with Crippen molar-refractivity contribution in [3.05, 3.63) is 39.7 Å². The largest absolute Gasteiger partial charge is 0.373 e. The molecule has 0 aliphatic rings. The fraction of sp³-hybridized carbons (Fsp3) is 0.385. The van der Waals surface area contributed by atoms with Gasteiger partial charge in [-0.25, -0.2) is 4.98 Å². The van der Waals surface area contributed by atoms with Crippen LogP contribution in [0.15, 0.2) is 18.3 Å². The van der Waals surface area contributed by atoms with E-state index in [0.29, 0.717) is 18.2 Å². The van der Waals surface area contributed by atoms with Gasteiger partial charge < -0.3 is 10.6 Å². The second kappa shape index (κ2) is 6.21. The van der Waals surface area contributed by atoms with E-state index in [1.165, 1.54) is 12.1 Å². The van der Waals surface area contributed by atoms with Gasteiger partial charge in [-0.15, -0.1) is 0 Å². The molecule has 112 valence electrons. The second-order valence-electron chi connectivity index (χ2n) is 4.58. The van der Waals surface area contributed by atoms with Crippen molar-refractivity contribution in [2.45, 2.75) is 19.9 Å². The molecule has 0 saturated carbocycles. The van der Waals surface area contributed by atoms with Crippen molar-refractivity contribution in [1.82, 2.24) is 14.8 Å². The smallest absolute Gasteiger partial charge is 0.276 e. The third kappa shape index (κ3) is 3.47. The summed E-state index contributed by atoms with van der Waals surface area (Å²) >= 11 is 0. The van der Waals surface area contributed by atoms with E-state index in [1.54, 1.807) is 11.7 Å². The summed E-state index contributed by atoms with van der Waals surface area (Å²) in [5.41, 5.74) is 2.06. The molecule has 0 bridgehead atoms. The van der Waals surface area contributed by atoms with Crippen molar-refractivity contribution < 1.29 is 4.92 Å². The highest BCUT2D eigenvalue weighted by Gasteiger charge is 2.11. The molecule has 0 aliphatic carbocycles. The van der Waals surface area contributed by atoms with Gasteiger partial charge in [-0.2, -0.15) is 5.10 Å². The molecule has 0 aliphatic heterocycles. The number of nitrogens with one attached hydrogen (secondary N) is 2. The molecule has 2 rings (SSSR count). The molecule has 8 nitrogen and oxygen atoms in total. The van der Waals surface area contributed by atoms with Crippen molar-refractivity contribution in [1.29, 1.82) is 0 Å². The minimum atomic E-state index is -0.435. The third-order valence-corrected chi connectivity index (χ3v) is 3.06. The number of aromatic nitrogens is 3. The SMILES string of the molecule is CCc1nn(C)cc1CNc1cc([N+](=O)[O-])cc(NC)n1. The van der Waals surface area contributed by atoms with E-state index < -0.39 is 4.92 Å². The molecule has 0 atom stereocenters. The molecule has 21 heavy (non-hydrogen) atoms. The topological polar surface area (TPSA) is 97.9 Å². The quantitative estimate of drug-likeness (QED) is 0.623. The third-order valence-electron chi connectivity index (χ3n) is 3.06. The van der Waals surface area contributed by atoms with Gasteiger partial charge in [0.05, 0.1) is 22.7 Å². The molecule has 0 fully saturated rings. The molecular weight excluding hydrogens is 272 g/mol. The first-order valence-corrected chi connectivity index (χ1v) is 6.63. The Morgan fingerprint density at radius 2 is 2.10 bits per heavy atom. The van der Waals surface area contributed by atoms with E-state index >= 15 is 0 Å². The zero-order valence-corrected chi connectivity index (χ0v) is 12.3. The molecule has 0 amide bonds. The van der Waals surface area contributed by atoms with Gasteiger partial charge in [-0.05, 0) is 6.42 Å². The lowest BCUT2D eigenvalue weighted by Crippen LogP contribution is -2.05. The van der Waals surface area contributed by atoms with E-state index in [0.717, 1.165) is 17.7 Å². The maximum absolute atomic E-state index is 10.9. The maximum atomic E-state index is 10.9. The summed E-state index contributed by atoms with van der Waals surface area (Å²) in [5.74, 6) is 0.910. The van der Waals surface area contributed by atoms with Crippen LogP contribution in [0.1, 0.15) is 18.2 Å². The summed E-state index contributed by atoms with van der Waals surface area (Å²) in [7, 11) is 3.54. The summed E-state index contributed by atoms with van der Waals surface area (Å²) < 4.78 is 1.76. The lowest BCUT2D eigenvalue weighted by atomic mass is 10.2. The van der Waals surface area contributed by atoms with E-state index in [1.807, 2.05) is 20.2 Å². The van der Waals surface area contributed by atoms with Crippen molar-refractivity contribution >= 4 is 17.3 Å². The summed E-state index contributed by atoms with van der Waals surface area (Å²) in [6.45, 7) is 2.56. The molecular formula is C13H18N6O2. The molecule has 2 aromatic rings. The molecule has 0 spiro atoms. The van der Waals surface area contributed by atoms with Crippen molar-refractivity contribution in [2.24, 2.45) is 7.05 Å². The van der Waals surface area contributed by atoms with Crippen LogP contribution in [0.2, 0.25) is 0 Å². The Balaban J connectivity index is 2.19. The average molecular weight is 290 g/mol. The van der Waals surface area contributed by atoms with Gasteiger partial charge in [-0.3, -0.25) is 14.8 Å². The number of aryl methyl sites for hydroxylation is 2. The Hall–Kier alpha value is -2.64. The molecule has 0 saturated heterocycles. The molecule has 0 aromatic carbocycles. The lowest BCUT2D eigenvalue weighted by Gasteiger charge is -2.07. The van der Waals surface area contributed by atoms with Crippen LogP contribution in [0.5, 0.6) is 0 Å². The van der Waals surface area contributed by atoms with Crippen LogP contribution in [-0.2, 0) is 20.0 Å². The summed E-state index contributed by atoms with van der Waals surface area (Å²) in [6.07, 6.45) is 2.77. The van der Waals surface area contributed by atoms with Gasteiger partial charge in [0, 0.05) is 32.4 Å². The first-order valence-electron chi connectivity index (χ1n) is 6.63. The van der Waals surface area contributed by atoms with Gasteiger partial charge in [0.1, 0.15) is 11.6 Å². The molecule has 8 heteroatoms. The first kappa shape index (κ1) is 14.8. The van der Waals surface area contributed by atoms with Crippen LogP contribution < -0.4 is 10.6 Å². The zero-order chi connectivity index (χ0) is 15.4. The average Bonchev–Trinajstić information content (AvgIpc) is 2.84. The Kier molecular flexibility index (Phi) is 4.36. The van der Waals surface area contributed by atoms with Gasteiger partial charge in [-0.1, -0.05) is 6.92 Å². The van der Waals surface area contributed by atoms with Crippen LogP contribution in [0.25, 0.3) is 0 Å². The van der Waals surface area contributed by atoms with Gasteiger partial charge in [0.2, 0.25) is 0 Å². The Labute approximate surface area is 122 Å².